The quantitative estimate of drug-likeness (QED) is 0.476. The average Bonchev–Trinajstić information content (AvgIpc) is 3.17. The van der Waals surface area contributed by atoms with E-state index in [-0.39, 0.29) is 5.56 Å². The predicted octanol–water partition coefficient (Wildman–Crippen LogP) is 4.54. The molecule has 0 fully saturated rings. The molecule has 1 aromatic carbocycles. The molecule has 0 unspecified atom stereocenters. The number of hydrogen-bond donors (Lipinski definition) is 1. The second kappa shape index (κ2) is 5.77. The Morgan fingerprint density at radius 1 is 1.35 bits per heavy atom. The molecule has 0 bridgehead atoms. The molecule has 1 N–H and O–H groups in total. The summed E-state index contributed by atoms with van der Waals surface area (Å²) in [7, 11) is 0. The maximum absolute atomic E-state index is 13.5. The molecular formula is C18H15ClN4OS2. The van der Waals surface area contributed by atoms with Gasteiger partial charge in [-0.05, 0) is 67.2 Å². The molecule has 5 nitrogen and oxygen atoms in total. The first-order valence-corrected chi connectivity index (χ1v) is 10.1. The van der Waals surface area contributed by atoms with Crippen LogP contribution >= 0.6 is 35.2 Å². The number of hydrogen-bond acceptors (Lipinski definition) is 4. The summed E-state index contributed by atoms with van der Waals surface area (Å²) in [4.78, 5) is 15.7. The molecular weight excluding hydrogens is 388 g/mol. The number of benzene rings is 1. The van der Waals surface area contributed by atoms with Crippen LogP contribution in [0.1, 0.15) is 23.8 Å². The Balaban J connectivity index is 1.96. The largest absolute Gasteiger partial charge is 0.268 e. The van der Waals surface area contributed by atoms with Gasteiger partial charge in [0.2, 0.25) is 10.5 Å². The molecule has 3 heterocycles. The second-order valence-corrected chi connectivity index (χ2v) is 8.72. The molecule has 26 heavy (non-hydrogen) atoms. The molecule has 132 valence electrons. The maximum atomic E-state index is 13.5. The second-order valence-electron chi connectivity index (χ2n) is 6.81. The van der Waals surface area contributed by atoms with Crippen LogP contribution in [-0.4, -0.2) is 19.2 Å². The molecule has 0 spiro atoms. The molecule has 0 saturated carbocycles. The number of aryl methyl sites for hydroxylation is 1. The Labute approximate surface area is 162 Å². The fourth-order valence-corrected chi connectivity index (χ4v) is 5.67. The van der Waals surface area contributed by atoms with E-state index in [1.165, 1.54) is 10.4 Å². The Bertz CT molecular complexity index is 1280. The van der Waals surface area contributed by atoms with Crippen molar-refractivity contribution in [2.75, 3.05) is 0 Å². The fourth-order valence-electron chi connectivity index (χ4n) is 3.76. The van der Waals surface area contributed by atoms with Gasteiger partial charge in [0, 0.05) is 9.90 Å². The van der Waals surface area contributed by atoms with Gasteiger partial charge in [0.1, 0.15) is 4.83 Å². The highest BCUT2D eigenvalue weighted by atomic mass is 35.5. The molecule has 0 amide bonds. The van der Waals surface area contributed by atoms with Crippen LogP contribution in [0, 0.1) is 10.7 Å². The lowest BCUT2D eigenvalue weighted by atomic mass is 9.89. The number of thiophene rings is 1. The lowest BCUT2D eigenvalue weighted by Gasteiger charge is -2.17. The van der Waals surface area contributed by atoms with Crippen LogP contribution in [0.25, 0.3) is 21.7 Å². The van der Waals surface area contributed by atoms with Gasteiger partial charge in [-0.25, -0.2) is 14.1 Å². The van der Waals surface area contributed by atoms with Gasteiger partial charge in [0.05, 0.1) is 11.1 Å². The Morgan fingerprint density at radius 3 is 2.88 bits per heavy atom. The summed E-state index contributed by atoms with van der Waals surface area (Å²) in [6.45, 7) is 2.26. The minimum absolute atomic E-state index is 0.0455. The average molecular weight is 403 g/mol. The summed E-state index contributed by atoms with van der Waals surface area (Å²) < 4.78 is 4.00. The fraction of sp³-hybridized carbons (Fsp3) is 0.278. The van der Waals surface area contributed by atoms with Gasteiger partial charge in [-0.1, -0.05) is 18.5 Å². The monoisotopic (exact) mass is 402 g/mol. The van der Waals surface area contributed by atoms with Gasteiger partial charge in [0.25, 0.3) is 5.56 Å². The van der Waals surface area contributed by atoms with E-state index in [2.05, 4.69) is 17.1 Å². The molecule has 4 aromatic rings. The third kappa shape index (κ3) is 2.24. The number of H-pyrrole nitrogens is 1. The summed E-state index contributed by atoms with van der Waals surface area (Å²) in [6, 6.07) is 7.20. The van der Waals surface area contributed by atoms with Crippen LogP contribution in [0.3, 0.4) is 0 Å². The van der Waals surface area contributed by atoms with Crippen molar-refractivity contribution in [3.63, 3.8) is 0 Å². The smallest absolute Gasteiger partial charge is 0.268 e. The first kappa shape index (κ1) is 16.2. The van der Waals surface area contributed by atoms with Gasteiger partial charge < -0.3 is 0 Å². The number of fused-ring (bicyclic) bond motifs is 5. The van der Waals surface area contributed by atoms with Gasteiger partial charge in [-0.15, -0.1) is 16.4 Å². The first-order valence-electron chi connectivity index (χ1n) is 8.47. The Hall–Kier alpha value is -1.96. The molecule has 0 aliphatic heterocycles. The maximum Gasteiger partial charge on any atom is 0.268 e. The van der Waals surface area contributed by atoms with E-state index in [1.807, 2.05) is 16.5 Å². The van der Waals surface area contributed by atoms with Gasteiger partial charge in [-0.3, -0.25) is 4.79 Å². The van der Waals surface area contributed by atoms with Crippen molar-refractivity contribution >= 4 is 51.1 Å². The van der Waals surface area contributed by atoms with Crippen molar-refractivity contribution < 1.29 is 0 Å². The summed E-state index contributed by atoms with van der Waals surface area (Å²) in [5, 5.41) is 8.57. The number of nitrogens with zero attached hydrogens (tertiary/aromatic N) is 3. The molecule has 3 aromatic heterocycles. The van der Waals surface area contributed by atoms with Crippen LogP contribution in [0.5, 0.6) is 0 Å². The van der Waals surface area contributed by atoms with Crippen molar-refractivity contribution in [1.29, 1.82) is 0 Å². The lowest BCUT2D eigenvalue weighted by molar-refractivity contribution is 0.509. The normalized spacial score (nSPS) is 17.1. The Kier molecular flexibility index (Phi) is 3.60. The van der Waals surface area contributed by atoms with Crippen LogP contribution in [0.2, 0.25) is 5.02 Å². The molecule has 0 radical (unpaired) electrons. The van der Waals surface area contributed by atoms with E-state index in [4.69, 9.17) is 23.8 Å². The number of rotatable bonds is 1. The number of aromatic nitrogens is 4. The van der Waals surface area contributed by atoms with E-state index in [0.717, 1.165) is 35.2 Å². The number of aromatic amines is 1. The molecule has 1 atom stereocenters. The van der Waals surface area contributed by atoms with E-state index in [9.17, 15) is 4.79 Å². The highest BCUT2D eigenvalue weighted by molar-refractivity contribution is 7.71. The van der Waals surface area contributed by atoms with Crippen molar-refractivity contribution in [2.24, 2.45) is 5.92 Å². The van der Waals surface area contributed by atoms with E-state index in [0.29, 0.717) is 21.5 Å². The van der Waals surface area contributed by atoms with Crippen LogP contribution in [0.4, 0.5) is 0 Å². The molecule has 0 saturated heterocycles. The highest BCUT2D eigenvalue weighted by Gasteiger charge is 2.26. The minimum Gasteiger partial charge on any atom is -0.268 e. The summed E-state index contributed by atoms with van der Waals surface area (Å²) in [5.74, 6) is 1.14. The third-order valence-corrected chi connectivity index (χ3v) is 6.82. The lowest BCUT2D eigenvalue weighted by Crippen LogP contribution is -2.22. The zero-order valence-electron chi connectivity index (χ0n) is 14.0. The number of nitrogens with one attached hydrogen (secondary N) is 1. The zero-order valence-corrected chi connectivity index (χ0v) is 16.3. The van der Waals surface area contributed by atoms with Crippen molar-refractivity contribution in [2.45, 2.75) is 26.2 Å². The summed E-state index contributed by atoms with van der Waals surface area (Å²) in [5.41, 5.74) is 1.86. The SMILES string of the molecule is C[C@H]1CCc2c(sc3c2c(=O)n(-c2ccc(Cl)cc2)c2n[nH]c(=S)n32)C1. The highest BCUT2D eigenvalue weighted by Crippen LogP contribution is 2.37. The standard InChI is InChI=1S/C18H15ClN4OS2/c1-9-2-7-12-13(8-9)26-16-14(12)15(24)22(11-5-3-10(19)4-6-11)17-20-21-18(25)23(16)17/h3-6,9H,2,7-8H2,1H3,(H,21,25)/t9-/m0/s1. The van der Waals surface area contributed by atoms with Crippen molar-refractivity contribution in [1.82, 2.24) is 19.2 Å². The summed E-state index contributed by atoms with van der Waals surface area (Å²) in [6.07, 6.45) is 3.05. The van der Waals surface area contributed by atoms with Crippen LogP contribution in [-0.2, 0) is 12.8 Å². The van der Waals surface area contributed by atoms with Crippen LogP contribution < -0.4 is 5.56 Å². The van der Waals surface area contributed by atoms with E-state index in [1.54, 1.807) is 28.0 Å². The molecule has 8 heteroatoms. The topological polar surface area (TPSA) is 55.1 Å². The van der Waals surface area contributed by atoms with Gasteiger partial charge in [-0.2, -0.15) is 0 Å². The molecule has 1 aliphatic carbocycles. The van der Waals surface area contributed by atoms with Gasteiger partial charge >= 0.3 is 0 Å². The van der Waals surface area contributed by atoms with Gasteiger partial charge in [0.15, 0.2) is 0 Å². The minimum atomic E-state index is -0.0455. The third-order valence-electron chi connectivity index (χ3n) is 5.05. The molecule has 5 rings (SSSR count). The van der Waals surface area contributed by atoms with Crippen molar-refractivity contribution in [3.05, 3.63) is 54.9 Å². The van der Waals surface area contributed by atoms with E-state index >= 15 is 0 Å². The Morgan fingerprint density at radius 2 is 2.12 bits per heavy atom. The first-order chi connectivity index (χ1) is 12.5. The summed E-state index contributed by atoms with van der Waals surface area (Å²) >= 11 is 13.2. The van der Waals surface area contributed by atoms with Crippen LogP contribution in [0.15, 0.2) is 29.1 Å². The molecule has 1 aliphatic rings. The number of halogens is 1. The zero-order chi connectivity index (χ0) is 18.0. The van der Waals surface area contributed by atoms with Crippen molar-refractivity contribution in [3.8, 4) is 5.69 Å². The predicted molar refractivity (Wildman–Crippen MR) is 108 cm³/mol. The van der Waals surface area contributed by atoms with E-state index < -0.39 is 0 Å².